The maximum atomic E-state index is 13.3. The molecule has 0 unspecified atom stereocenters. The Hall–Kier alpha value is -5.20. The van der Waals surface area contributed by atoms with Crippen LogP contribution in [0, 0.1) is 23.7 Å². The van der Waals surface area contributed by atoms with E-state index in [9.17, 15) is 35.9 Å². The minimum absolute atomic E-state index is 0.116. The van der Waals surface area contributed by atoms with Crippen molar-refractivity contribution in [1.82, 2.24) is 9.97 Å². The molecule has 0 saturated heterocycles. The Morgan fingerprint density at radius 3 is 1.21 bits per heavy atom. The van der Waals surface area contributed by atoms with Gasteiger partial charge in [0.25, 0.3) is 0 Å². The van der Waals surface area contributed by atoms with Crippen molar-refractivity contribution in [2.75, 3.05) is 0 Å². The summed E-state index contributed by atoms with van der Waals surface area (Å²) in [5.74, 6) is 2.00. The summed E-state index contributed by atoms with van der Waals surface area (Å²) in [5.41, 5.74) is -0.00126. The van der Waals surface area contributed by atoms with Crippen LogP contribution < -0.4 is 9.47 Å². The number of benzene rings is 4. The van der Waals surface area contributed by atoms with E-state index in [-0.39, 0.29) is 58.1 Å². The lowest BCUT2D eigenvalue weighted by Crippen LogP contribution is -2.29. The van der Waals surface area contributed by atoms with Crippen molar-refractivity contribution >= 4 is 56.6 Å². The Morgan fingerprint density at radius 1 is 0.544 bits per heavy atom. The monoisotopic (exact) mass is 978 g/mol. The zero-order valence-corrected chi connectivity index (χ0v) is 39.4. The highest BCUT2D eigenvalue weighted by Crippen LogP contribution is 2.41. The number of Topliss-reactive ketones (excluding diaryl/α,β-unsaturated/α-hetero) is 2. The standard InChI is InChI=1S/2C27H27ClF3NO2/c2*1-2-17(15-24(33)19-7-11-20(28)12-8-19)18-9-13-21(14-10-18)34-25-16-26(27(29,30)31)32-23-6-4-3-5-22(23)25/h2*3-8,11-12,16-18,21H,2,9-10,13-15H2,1H3/t2*17-,18?,21?/m10/s1. The average molecular weight is 980 g/mol. The molecule has 8 rings (SSSR count). The molecule has 68 heavy (non-hydrogen) atoms. The molecule has 360 valence electrons. The Morgan fingerprint density at radius 2 is 0.882 bits per heavy atom. The van der Waals surface area contributed by atoms with Crippen LogP contribution in [-0.2, 0) is 12.4 Å². The maximum Gasteiger partial charge on any atom is 0.433 e. The minimum Gasteiger partial charge on any atom is -0.490 e. The molecular weight excluding hydrogens is 925 g/mol. The van der Waals surface area contributed by atoms with Gasteiger partial charge in [-0.25, -0.2) is 9.97 Å². The van der Waals surface area contributed by atoms with Gasteiger partial charge in [-0.15, -0.1) is 0 Å². The van der Waals surface area contributed by atoms with E-state index < -0.39 is 23.7 Å². The molecule has 0 spiro atoms. The van der Waals surface area contributed by atoms with Crippen molar-refractivity contribution in [3.05, 3.63) is 142 Å². The van der Waals surface area contributed by atoms with E-state index in [4.69, 9.17) is 32.7 Å². The Kier molecular flexibility index (Phi) is 16.8. The van der Waals surface area contributed by atoms with Crippen molar-refractivity contribution in [3.63, 3.8) is 0 Å². The van der Waals surface area contributed by atoms with Gasteiger partial charge in [-0.05, 0) is 148 Å². The summed E-state index contributed by atoms with van der Waals surface area (Å²) in [7, 11) is 0. The number of aromatic nitrogens is 2. The van der Waals surface area contributed by atoms with Crippen LogP contribution in [0.15, 0.2) is 109 Å². The van der Waals surface area contributed by atoms with Crippen LogP contribution in [0.4, 0.5) is 26.3 Å². The van der Waals surface area contributed by atoms with Gasteiger partial charge in [0, 0.05) is 56.9 Å². The van der Waals surface area contributed by atoms with E-state index >= 15 is 0 Å². The topological polar surface area (TPSA) is 78.4 Å². The summed E-state index contributed by atoms with van der Waals surface area (Å²) in [6, 6.07) is 29.4. The molecule has 2 aliphatic rings. The van der Waals surface area contributed by atoms with Crippen LogP contribution in [0.2, 0.25) is 10.0 Å². The molecule has 6 aromatic rings. The van der Waals surface area contributed by atoms with Crippen LogP contribution in [0.25, 0.3) is 21.8 Å². The first-order chi connectivity index (χ1) is 32.5. The van der Waals surface area contributed by atoms with Crippen LogP contribution >= 0.6 is 23.2 Å². The van der Waals surface area contributed by atoms with Gasteiger partial charge >= 0.3 is 12.4 Å². The predicted molar refractivity (Wildman–Crippen MR) is 255 cm³/mol. The molecule has 2 aliphatic carbocycles. The van der Waals surface area contributed by atoms with Crippen molar-refractivity contribution in [1.29, 1.82) is 0 Å². The van der Waals surface area contributed by atoms with Gasteiger partial charge in [-0.3, -0.25) is 9.59 Å². The molecular formula is C54H54Cl2F6N2O4. The number of carbonyl (C=O) groups is 2. The van der Waals surface area contributed by atoms with Gasteiger partial charge in [-0.1, -0.05) is 74.2 Å². The second-order valence-corrected chi connectivity index (χ2v) is 18.8. The number of halogens is 8. The highest BCUT2D eigenvalue weighted by molar-refractivity contribution is 6.31. The number of alkyl halides is 6. The number of fused-ring (bicyclic) bond motifs is 2. The third-order valence-electron chi connectivity index (χ3n) is 13.6. The van der Waals surface area contributed by atoms with E-state index in [1.54, 1.807) is 97.1 Å². The van der Waals surface area contributed by atoms with Crippen molar-refractivity contribution in [2.45, 2.75) is 115 Å². The highest BCUT2D eigenvalue weighted by Gasteiger charge is 2.36. The van der Waals surface area contributed by atoms with Gasteiger partial charge in [0.15, 0.2) is 11.6 Å². The SMILES string of the molecule is CC[C@@H](CC(=O)c1ccc(Cl)cc1)C1CCC(Oc2cc(C(F)(F)F)nc3ccccc23)CC1.CC[C@H](CC(=O)c1ccc(Cl)cc1)C1CCC(Oc2cc(C(F)(F)F)nc3ccccc23)CC1. The Bertz CT molecular complexity index is 2460. The zero-order valence-electron chi connectivity index (χ0n) is 37.9. The third kappa shape index (κ3) is 13.1. The zero-order chi connectivity index (χ0) is 48.6. The molecule has 6 nitrogen and oxygen atoms in total. The number of hydrogen-bond acceptors (Lipinski definition) is 6. The number of pyridine rings is 2. The first kappa shape index (κ1) is 50.7. The molecule has 0 radical (unpaired) electrons. The molecule has 0 amide bonds. The van der Waals surface area contributed by atoms with Gasteiger partial charge in [-0.2, -0.15) is 26.3 Å². The van der Waals surface area contributed by atoms with E-state index in [1.807, 2.05) is 0 Å². The first-order valence-corrected chi connectivity index (χ1v) is 24.1. The number of carbonyl (C=O) groups excluding carboxylic acids is 2. The molecule has 0 aliphatic heterocycles. The molecule has 0 bridgehead atoms. The van der Waals surface area contributed by atoms with Crippen LogP contribution in [0.5, 0.6) is 11.5 Å². The fraction of sp³-hybridized carbons (Fsp3) is 0.407. The number of ether oxygens (including phenoxy) is 2. The quantitative estimate of drug-likeness (QED) is 0.0799. The van der Waals surface area contributed by atoms with E-state index in [0.29, 0.717) is 56.6 Å². The normalized spacial score (nSPS) is 19.7. The maximum absolute atomic E-state index is 13.3. The molecule has 0 N–H and O–H groups in total. The number of hydrogen-bond donors (Lipinski definition) is 0. The first-order valence-electron chi connectivity index (χ1n) is 23.3. The number of para-hydroxylation sites is 2. The average Bonchev–Trinajstić information content (AvgIpc) is 3.33. The summed E-state index contributed by atoms with van der Waals surface area (Å²) < 4.78 is 92.3. The minimum atomic E-state index is -4.54. The largest absolute Gasteiger partial charge is 0.490 e. The summed E-state index contributed by atoms with van der Waals surface area (Å²) >= 11 is 11.8. The summed E-state index contributed by atoms with van der Waals surface area (Å²) in [6.07, 6.45) is -0.118. The highest BCUT2D eigenvalue weighted by atomic mass is 35.5. The molecule has 2 heterocycles. The fourth-order valence-corrected chi connectivity index (χ4v) is 10.0. The lowest BCUT2D eigenvalue weighted by Gasteiger charge is -2.33. The van der Waals surface area contributed by atoms with E-state index in [2.05, 4.69) is 23.8 Å². The molecule has 2 fully saturated rings. The fourth-order valence-electron chi connectivity index (χ4n) is 9.76. The van der Waals surface area contributed by atoms with Gasteiger partial charge < -0.3 is 9.47 Å². The van der Waals surface area contributed by atoms with Crippen molar-refractivity contribution in [3.8, 4) is 11.5 Å². The van der Waals surface area contributed by atoms with Crippen LogP contribution in [0.1, 0.15) is 123 Å². The molecule has 2 aromatic heterocycles. The smallest absolute Gasteiger partial charge is 0.433 e. The number of rotatable bonds is 14. The second kappa shape index (κ2) is 22.5. The van der Waals surface area contributed by atoms with Crippen molar-refractivity contribution < 1.29 is 45.4 Å². The van der Waals surface area contributed by atoms with Gasteiger partial charge in [0.1, 0.15) is 22.9 Å². The number of nitrogens with zero attached hydrogens (tertiary/aromatic N) is 2. The van der Waals surface area contributed by atoms with Gasteiger partial charge in [0.2, 0.25) is 0 Å². The van der Waals surface area contributed by atoms with E-state index in [0.717, 1.165) is 76.3 Å². The van der Waals surface area contributed by atoms with Crippen LogP contribution in [0.3, 0.4) is 0 Å². The van der Waals surface area contributed by atoms with Crippen LogP contribution in [-0.4, -0.2) is 33.7 Å². The molecule has 2 atom stereocenters. The summed E-state index contributed by atoms with van der Waals surface area (Å²) in [5, 5.41) is 2.37. The molecule has 2 saturated carbocycles. The molecule has 14 heteroatoms. The van der Waals surface area contributed by atoms with Crippen molar-refractivity contribution in [2.24, 2.45) is 23.7 Å². The lowest BCUT2D eigenvalue weighted by atomic mass is 9.75. The summed E-state index contributed by atoms with van der Waals surface area (Å²) in [6.45, 7) is 4.20. The second-order valence-electron chi connectivity index (χ2n) is 18.0. The van der Waals surface area contributed by atoms with E-state index in [1.165, 1.54) is 0 Å². The molecule has 4 aromatic carbocycles. The Balaban J connectivity index is 0.000000201. The third-order valence-corrected chi connectivity index (χ3v) is 14.1. The lowest BCUT2D eigenvalue weighted by molar-refractivity contribution is -0.141. The Labute approximate surface area is 402 Å². The number of ketones is 2. The predicted octanol–water partition coefficient (Wildman–Crippen LogP) is 16.3. The van der Waals surface area contributed by atoms with Gasteiger partial charge in [0.05, 0.1) is 23.2 Å². The summed E-state index contributed by atoms with van der Waals surface area (Å²) in [4.78, 5) is 33.0.